The summed E-state index contributed by atoms with van der Waals surface area (Å²) < 4.78 is 4.91. The number of hydrogen-bond acceptors (Lipinski definition) is 2. The molecule has 0 spiro atoms. The first-order valence-corrected chi connectivity index (χ1v) is 17.1. The third kappa shape index (κ3) is 3.25. The molecule has 4 nitrogen and oxygen atoms in total. The molecule has 50 heavy (non-hydrogen) atoms. The molecule has 4 heteroatoms. The van der Waals surface area contributed by atoms with Crippen LogP contribution in [0.4, 0.5) is 0 Å². The maximum absolute atomic E-state index is 5.49. The van der Waals surface area contributed by atoms with E-state index in [1.807, 2.05) is 0 Å². The summed E-state index contributed by atoms with van der Waals surface area (Å²) in [7, 11) is 0. The summed E-state index contributed by atoms with van der Waals surface area (Å²) in [6.07, 6.45) is 0. The van der Waals surface area contributed by atoms with Gasteiger partial charge in [-0.1, -0.05) is 127 Å². The van der Waals surface area contributed by atoms with E-state index in [0.29, 0.717) is 0 Å². The van der Waals surface area contributed by atoms with E-state index in [-0.39, 0.29) is 0 Å². The lowest BCUT2D eigenvalue weighted by molar-refractivity contribution is 1.08. The van der Waals surface area contributed by atoms with E-state index >= 15 is 0 Å². The van der Waals surface area contributed by atoms with Crippen LogP contribution < -0.4 is 0 Å². The summed E-state index contributed by atoms with van der Waals surface area (Å²) >= 11 is 0. The van der Waals surface area contributed by atoms with Gasteiger partial charge in [-0.15, -0.1) is 0 Å². The van der Waals surface area contributed by atoms with Gasteiger partial charge in [0.25, 0.3) is 0 Å². The quantitative estimate of drug-likeness (QED) is 0.190. The van der Waals surface area contributed by atoms with Crippen LogP contribution >= 0.6 is 0 Å². The monoisotopic (exact) mass is 634 g/mol. The number of nitrogens with zero attached hydrogens (tertiary/aromatic N) is 4. The molecule has 12 aromatic rings. The maximum Gasteiger partial charge on any atom is 0.162 e. The van der Waals surface area contributed by atoms with Crippen LogP contribution in [0, 0.1) is 0 Å². The van der Waals surface area contributed by atoms with Gasteiger partial charge < -0.3 is 4.40 Å². The molecule has 4 heterocycles. The molecule has 0 aliphatic carbocycles. The van der Waals surface area contributed by atoms with E-state index in [1.165, 1.54) is 65.0 Å². The fourth-order valence-corrected chi connectivity index (χ4v) is 8.76. The van der Waals surface area contributed by atoms with Gasteiger partial charge in [-0.2, -0.15) is 0 Å². The highest BCUT2D eigenvalue weighted by Crippen LogP contribution is 2.48. The summed E-state index contributed by atoms with van der Waals surface area (Å²) in [5.74, 6) is 1.61. The van der Waals surface area contributed by atoms with Crippen molar-refractivity contribution in [2.45, 2.75) is 0 Å². The van der Waals surface area contributed by atoms with Gasteiger partial charge in [0.2, 0.25) is 0 Å². The highest BCUT2D eigenvalue weighted by Gasteiger charge is 2.26. The first-order valence-electron chi connectivity index (χ1n) is 17.1. The Labute approximate surface area is 285 Å². The molecular weight excluding hydrogens is 609 g/mol. The molecule has 0 aliphatic heterocycles. The van der Waals surface area contributed by atoms with E-state index in [2.05, 4.69) is 167 Å². The fraction of sp³-hybridized carbons (Fsp3) is 0. The van der Waals surface area contributed by atoms with Gasteiger partial charge in [-0.05, 0) is 46.5 Å². The van der Waals surface area contributed by atoms with Crippen LogP contribution in [0.3, 0.4) is 0 Å². The Balaban J connectivity index is 1.31. The minimum atomic E-state index is 0.723. The van der Waals surface area contributed by atoms with Crippen LogP contribution in [0.1, 0.15) is 0 Å². The van der Waals surface area contributed by atoms with E-state index in [1.54, 1.807) is 0 Å². The van der Waals surface area contributed by atoms with E-state index in [4.69, 9.17) is 9.97 Å². The second kappa shape index (κ2) is 9.43. The van der Waals surface area contributed by atoms with Crippen LogP contribution in [-0.2, 0) is 0 Å². The fourth-order valence-electron chi connectivity index (χ4n) is 8.76. The molecule has 0 amide bonds. The molecule has 0 saturated carbocycles. The van der Waals surface area contributed by atoms with Crippen molar-refractivity contribution in [2.24, 2.45) is 0 Å². The molecule has 0 fully saturated rings. The van der Waals surface area contributed by atoms with Crippen molar-refractivity contribution < 1.29 is 0 Å². The molecule has 0 N–H and O–H groups in total. The van der Waals surface area contributed by atoms with Gasteiger partial charge in [0, 0.05) is 48.7 Å². The standard InChI is InChI=1S/C46H26N4/c1-3-15-29-27(12-1)14-11-20-32(29)45-47-37-21-8-5-18-33(37)46(48-45)49-39-23-10-7-19-34(39)41-40(49)26-36-31-17-6-9-22-38(31)50-43-30-16-4-2-13-28(30)24-25-35(43)42(41)44(36)50/h1-26H. The summed E-state index contributed by atoms with van der Waals surface area (Å²) in [6, 6.07) is 56.8. The number of benzene rings is 8. The van der Waals surface area contributed by atoms with Crippen molar-refractivity contribution >= 4 is 92.3 Å². The molecule has 230 valence electrons. The lowest BCUT2D eigenvalue weighted by Gasteiger charge is -2.13. The first-order chi connectivity index (χ1) is 24.8. The molecule has 0 radical (unpaired) electrons. The zero-order chi connectivity index (χ0) is 32.5. The van der Waals surface area contributed by atoms with Gasteiger partial charge >= 0.3 is 0 Å². The van der Waals surface area contributed by atoms with Crippen LogP contribution in [0.15, 0.2) is 158 Å². The molecule has 4 aromatic heterocycles. The Bertz CT molecular complexity index is 3380. The third-order valence-corrected chi connectivity index (χ3v) is 10.8. The predicted molar refractivity (Wildman–Crippen MR) is 209 cm³/mol. The zero-order valence-corrected chi connectivity index (χ0v) is 26.8. The topological polar surface area (TPSA) is 35.1 Å². The minimum absolute atomic E-state index is 0.723. The molecule has 8 aromatic carbocycles. The van der Waals surface area contributed by atoms with Gasteiger partial charge in [0.05, 0.1) is 33.1 Å². The number of rotatable bonds is 2. The Hall–Kier alpha value is -6.78. The third-order valence-electron chi connectivity index (χ3n) is 10.8. The molecule has 0 bridgehead atoms. The first kappa shape index (κ1) is 26.2. The maximum atomic E-state index is 5.49. The lowest BCUT2D eigenvalue weighted by Crippen LogP contribution is -2.03. The second-order valence-corrected chi connectivity index (χ2v) is 13.3. The van der Waals surface area contributed by atoms with Crippen LogP contribution in [0.2, 0.25) is 0 Å². The summed E-state index contributed by atoms with van der Waals surface area (Å²) in [4.78, 5) is 10.7. The van der Waals surface area contributed by atoms with Gasteiger partial charge in [0.15, 0.2) is 5.82 Å². The summed E-state index contributed by atoms with van der Waals surface area (Å²) in [5.41, 5.74) is 7.99. The van der Waals surface area contributed by atoms with Crippen molar-refractivity contribution in [3.05, 3.63) is 158 Å². The number of aromatic nitrogens is 4. The smallest absolute Gasteiger partial charge is 0.162 e. The zero-order valence-electron chi connectivity index (χ0n) is 26.8. The molecule has 0 saturated heterocycles. The summed E-state index contributed by atoms with van der Waals surface area (Å²) in [6.45, 7) is 0. The Morgan fingerprint density at radius 2 is 1.04 bits per heavy atom. The number of fused-ring (bicyclic) bond motifs is 14. The highest BCUT2D eigenvalue weighted by molar-refractivity contribution is 6.37. The van der Waals surface area contributed by atoms with Crippen molar-refractivity contribution in [3.63, 3.8) is 0 Å². The molecule has 0 atom stereocenters. The Morgan fingerprint density at radius 1 is 0.380 bits per heavy atom. The molecule has 0 aliphatic rings. The SMILES string of the molecule is c1ccc2c(-c3nc(-n4c5ccccc5c5c6c7ccc8ccccc8c7n7c8ccccc8c(cc54)c67)c4ccccc4n3)cccc2c1. The number of para-hydroxylation sites is 3. The Kier molecular flexibility index (Phi) is 4.94. The van der Waals surface area contributed by atoms with Crippen molar-refractivity contribution in [1.82, 2.24) is 18.9 Å². The number of hydrogen-bond donors (Lipinski definition) is 0. The molecule has 0 unspecified atom stereocenters. The minimum Gasteiger partial charge on any atom is -0.307 e. The molecular formula is C46H26N4. The largest absolute Gasteiger partial charge is 0.307 e. The van der Waals surface area contributed by atoms with Crippen molar-refractivity contribution in [2.75, 3.05) is 0 Å². The predicted octanol–water partition coefficient (Wildman–Crippen LogP) is 11.9. The van der Waals surface area contributed by atoms with E-state index in [9.17, 15) is 0 Å². The molecule has 12 rings (SSSR count). The summed E-state index contributed by atoms with van der Waals surface area (Å²) in [5, 5.41) is 13.4. The van der Waals surface area contributed by atoms with Crippen molar-refractivity contribution in [3.8, 4) is 17.2 Å². The highest BCUT2D eigenvalue weighted by atomic mass is 15.1. The van der Waals surface area contributed by atoms with E-state index in [0.717, 1.165) is 44.5 Å². The normalized spacial score (nSPS) is 12.4. The average Bonchev–Trinajstić information content (AvgIpc) is 3.81. The Morgan fingerprint density at radius 3 is 1.90 bits per heavy atom. The van der Waals surface area contributed by atoms with Gasteiger partial charge in [0.1, 0.15) is 5.82 Å². The lowest BCUT2D eigenvalue weighted by atomic mass is 10.00. The van der Waals surface area contributed by atoms with E-state index < -0.39 is 0 Å². The second-order valence-electron chi connectivity index (χ2n) is 13.3. The van der Waals surface area contributed by atoms with Crippen LogP contribution in [-0.4, -0.2) is 18.9 Å². The average molecular weight is 635 g/mol. The van der Waals surface area contributed by atoms with Crippen LogP contribution in [0.5, 0.6) is 0 Å². The van der Waals surface area contributed by atoms with Crippen LogP contribution in [0.25, 0.3) is 110 Å². The van der Waals surface area contributed by atoms with Crippen molar-refractivity contribution in [1.29, 1.82) is 0 Å². The van der Waals surface area contributed by atoms with Gasteiger partial charge in [-0.25, -0.2) is 9.97 Å². The van der Waals surface area contributed by atoms with Gasteiger partial charge in [-0.3, -0.25) is 4.57 Å².